The molecule has 1 saturated heterocycles. The summed E-state index contributed by atoms with van der Waals surface area (Å²) < 4.78 is 0. The number of carbonyl (C=O) groups excluding carboxylic acids is 1. The summed E-state index contributed by atoms with van der Waals surface area (Å²) in [6.45, 7) is 6.66. The number of rotatable bonds is 5. The van der Waals surface area contributed by atoms with Crippen LogP contribution in [-0.4, -0.2) is 64.0 Å². The Labute approximate surface area is 149 Å². The van der Waals surface area contributed by atoms with Crippen LogP contribution in [0.15, 0.2) is 24.5 Å². The molecule has 2 atom stereocenters. The number of thioether (sulfide) groups is 1. The topological polar surface area (TPSA) is 48.5 Å². The Hall–Kier alpha value is -1.27. The second-order valence-electron chi connectivity index (χ2n) is 6.66. The Morgan fingerprint density at radius 2 is 2.00 bits per heavy atom. The Kier molecular flexibility index (Phi) is 6.37. The van der Waals surface area contributed by atoms with Gasteiger partial charge < -0.3 is 10.2 Å². The summed E-state index contributed by atoms with van der Waals surface area (Å²) in [6.07, 6.45) is 7.18. The van der Waals surface area contributed by atoms with Gasteiger partial charge in [0, 0.05) is 56.4 Å². The van der Waals surface area contributed by atoms with Gasteiger partial charge in [-0.1, -0.05) is 6.92 Å². The summed E-state index contributed by atoms with van der Waals surface area (Å²) in [7, 11) is 0. The van der Waals surface area contributed by atoms with Crippen LogP contribution in [0.4, 0.5) is 4.79 Å². The Morgan fingerprint density at radius 1 is 1.25 bits per heavy atom. The molecule has 2 aliphatic rings. The number of nitrogens with one attached hydrogen (secondary N) is 1. The van der Waals surface area contributed by atoms with Gasteiger partial charge in [-0.05, 0) is 42.7 Å². The quantitative estimate of drug-likeness (QED) is 0.888. The van der Waals surface area contributed by atoms with Crippen LogP contribution in [0.1, 0.15) is 31.7 Å². The Balaban J connectivity index is 1.39. The lowest BCUT2D eigenvalue weighted by Crippen LogP contribution is -2.52. The molecule has 1 aromatic rings. The van der Waals surface area contributed by atoms with Gasteiger partial charge in [0.25, 0.3) is 0 Å². The highest BCUT2D eigenvalue weighted by Crippen LogP contribution is 2.29. The molecule has 24 heavy (non-hydrogen) atoms. The van der Waals surface area contributed by atoms with Crippen LogP contribution in [0.25, 0.3) is 0 Å². The monoisotopic (exact) mass is 348 g/mol. The highest BCUT2D eigenvalue weighted by Gasteiger charge is 2.28. The highest BCUT2D eigenvalue weighted by molar-refractivity contribution is 7.99. The molecule has 1 N–H and O–H groups in total. The number of pyridine rings is 1. The van der Waals surface area contributed by atoms with E-state index in [-0.39, 0.29) is 6.03 Å². The van der Waals surface area contributed by atoms with Gasteiger partial charge in [-0.2, -0.15) is 11.8 Å². The van der Waals surface area contributed by atoms with E-state index < -0.39 is 0 Å². The van der Waals surface area contributed by atoms with Crippen LogP contribution >= 0.6 is 11.8 Å². The van der Waals surface area contributed by atoms with E-state index in [9.17, 15) is 4.79 Å². The van der Waals surface area contributed by atoms with Gasteiger partial charge >= 0.3 is 6.03 Å². The predicted octanol–water partition coefficient (Wildman–Crippen LogP) is 2.58. The molecule has 1 aliphatic heterocycles. The van der Waals surface area contributed by atoms with Crippen LogP contribution in [0.5, 0.6) is 0 Å². The van der Waals surface area contributed by atoms with Crippen LogP contribution in [0, 0.1) is 0 Å². The van der Waals surface area contributed by atoms with E-state index in [1.807, 2.05) is 29.1 Å². The summed E-state index contributed by atoms with van der Waals surface area (Å²) in [5, 5.41) is 3.98. The summed E-state index contributed by atoms with van der Waals surface area (Å²) in [6, 6.07) is 4.62. The van der Waals surface area contributed by atoms with Crippen molar-refractivity contribution in [2.24, 2.45) is 0 Å². The second-order valence-corrected chi connectivity index (χ2v) is 8.23. The van der Waals surface area contributed by atoms with E-state index in [0.29, 0.717) is 6.04 Å². The Morgan fingerprint density at radius 3 is 2.71 bits per heavy atom. The second kappa shape index (κ2) is 8.72. The van der Waals surface area contributed by atoms with Gasteiger partial charge in [-0.25, -0.2) is 4.79 Å². The van der Waals surface area contributed by atoms with Gasteiger partial charge in [0.05, 0.1) is 0 Å². The molecular formula is C18H28N4OS. The zero-order valence-corrected chi connectivity index (χ0v) is 15.3. The maximum atomic E-state index is 12.5. The molecule has 0 spiro atoms. The lowest BCUT2D eigenvalue weighted by atomic mass is 10.2. The maximum Gasteiger partial charge on any atom is 0.317 e. The normalized spacial score (nSPS) is 25.0. The third kappa shape index (κ3) is 4.86. The van der Waals surface area contributed by atoms with Crippen LogP contribution in [-0.2, 0) is 6.54 Å². The standard InChI is InChI=1S/C18H28N4OS/c1-2-24-17-4-3-16(13-17)20-18(23)22-11-9-21(10-12-22)14-15-5-7-19-8-6-15/h5-8,16-17H,2-4,9-14H2,1H3,(H,20,23)/t16-,17+/m1/s1. The van der Waals surface area contributed by atoms with Gasteiger partial charge in [0.2, 0.25) is 0 Å². The smallest absolute Gasteiger partial charge is 0.317 e. The van der Waals surface area contributed by atoms with E-state index in [4.69, 9.17) is 0 Å². The molecular weight excluding hydrogens is 320 g/mol. The Bertz CT molecular complexity index is 519. The molecule has 1 saturated carbocycles. The molecule has 0 unspecified atom stereocenters. The fourth-order valence-electron chi connectivity index (χ4n) is 3.58. The predicted molar refractivity (Wildman–Crippen MR) is 99.2 cm³/mol. The molecule has 5 nitrogen and oxygen atoms in total. The van der Waals surface area contributed by atoms with Gasteiger partial charge in [0.1, 0.15) is 0 Å². The van der Waals surface area contributed by atoms with Crippen molar-refractivity contribution < 1.29 is 4.79 Å². The fraction of sp³-hybridized carbons (Fsp3) is 0.667. The number of carbonyl (C=O) groups is 1. The minimum absolute atomic E-state index is 0.130. The molecule has 2 heterocycles. The number of hydrogen-bond acceptors (Lipinski definition) is 4. The van der Waals surface area contributed by atoms with Crippen LogP contribution < -0.4 is 5.32 Å². The summed E-state index contributed by atoms with van der Waals surface area (Å²) in [5.41, 5.74) is 1.29. The molecule has 1 aromatic heterocycles. The van der Waals surface area contributed by atoms with Crippen LogP contribution in [0.3, 0.4) is 0 Å². The first-order valence-electron chi connectivity index (χ1n) is 9.03. The average molecular weight is 349 g/mol. The summed E-state index contributed by atoms with van der Waals surface area (Å²) in [5.74, 6) is 1.17. The highest BCUT2D eigenvalue weighted by atomic mass is 32.2. The van der Waals surface area contributed by atoms with Crippen molar-refractivity contribution in [1.29, 1.82) is 0 Å². The van der Waals surface area contributed by atoms with Crippen molar-refractivity contribution in [1.82, 2.24) is 20.1 Å². The van der Waals surface area contributed by atoms with Gasteiger partial charge in [-0.3, -0.25) is 9.88 Å². The lowest BCUT2D eigenvalue weighted by Gasteiger charge is -2.35. The number of aromatic nitrogens is 1. The first-order valence-corrected chi connectivity index (χ1v) is 10.1. The van der Waals surface area contributed by atoms with E-state index in [0.717, 1.165) is 50.8 Å². The largest absolute Gasteiger partial charge is 0.335 e. The first-order chi connectivity index (χ1) is 11.7. The van der Waals surface area contributed by atoms with Gasteiger partial charge in [0.15, 0.2) is 0 Å². The molecule has 2 amide bonds. The van der Waals surface area contributed by atoms with E-state index in [2.05, 4.69) is 34.3 Å². The molecule has 2 fully saturated rings. The van der Waals surface area contributed by atoms with Crippen molar-refractivity contribution in [2.45, 2.75) is 44.0 Å². The zero-order valence-electron chi connectivity index (χ0n) is 14.5. The number of nitrogens with zero attached hydrogens (tertiary/aromatic N) is 3. The van der Waals surface area contributed by atoms with E-state index in [1.165, 1.54) is 17.7 Å². The molecule has 1 aliphatic carbocycles. The number of amides is 2. The van der Waals surface area contributed by atoms with Crippen molar-refractivity contribution in [2.75, 3.05) is 31.9 Å². The number of urea groups is 1. The first kappa shape index (κ1) is 17.5. The minimum Gasteiger partial charge on any atom is -0.335 e. The summed E-state index contributed by atoms with van der Waals surface area (Å²) >= 11 is 2.03. The van der Waals surface area contributed by atoms with Crippen LogP contribution in [0.2, 0.25) is 0 Å². The van der Waals surface area contributed by atoms with E-state index >= 15 is 0 Å². The maximum absolute atomic E-state index is 12.5. The molecule has 6 heteroatoms. The molecule has 132 valence electrons. The van der Waals surface area contributed by atoms with E-state index in [1.54, 1.807) is 0 Å². The van der Waals surface area contributed by atoms with Crippen molar-refractivity contribution in [3.05, 3.63) is 30.1 Å². The third-order valence-electron chi connectivity index (χ3n) is 4.93. The fourth-order valence-corrected chi connectivity index (χ4v) is 4.72. The average Bonchev–Trinajstić information content (AvgIpc) is 3.04. The molecule has 3 rings (SSSR count). The molecule has 0 radical (unpaired) electrons. The lowest BCUT2D eigenvalue weighted by molar-refractivity contribution is 0.133. The summed E-state index contributed by atoms with van der Waals surface area (Å²) in [4.78, 5) is 20.9. The molecule has 0 aromatic carbocycles. The van der Waals surface area contributed by atoms with Crippen molar-refractivity contribution in [3.63, 3.8) is 0 Å². The number of hydrogen-bond donors (Lipinski definition) is 1. The van der Waals surface area contributed by atoms with Crippen molar-refractivity contribution >= 4 is 17.8 Å². The molecule has 0 bridgehead atoms. The number of piperazine rings is 1. The van der Waals surface area contributed by atoms with Gasteiger partial charge in [-0.15, -0.1) is 0 Å². The minimum atomic E-state index is 0.130. The SMILES string of the molecule is CCS[C@H]1CC[C@@H](NC(=O)N2CCN(Cc3ccncc3)CC2)C1. The zero-order chi connectivity index (χ0) is 16.8. The third-order valence-corrected chi connectivity index (χ3v) is 6.16. The van der Waals surface area contributed by atoms with Crippen molar-refractivity contribution in [3.8, 4) is 0 Å².